The van der Waals surface area contributed by atoms with Gasteiger partial charge in [0.2, 0.25) is 5.78 Å². The second kappa shape index (κ2) is 6.26. The van der Waals surface area contributed by atoms with E-state index in [2.05, 4.69) is 4.74 Å². The van der Waals surface area contributed by atoms with Gasteiger partial charge < -0.3 is 9.84 Å². The molecule has 0 saturated carbocycles. The first-order valence-corrected chi connectivity index (χ1v) is 4.41. The summed E-state index contributed by atoms with van der Waals surface area (Å²) in [6.45, 7) is 2.88. The molecule has 14 heavy (non-hydrogen) atoms. The number of ketones is 1. The molecule has 1 unspecified atom stereocenters. The van der Waals surface area contributed by atoms with Crippen molar-refractivity contribution in [2.24, 2.45) is 0 Å². The van der Waals surface area contributed by atoms with Crippen molar-refractivity contribution in [1.29, 1.82) is 0 Å². The smallest absolute Gasteiger partial charge is 0.382 e. The van der Waals surface area contributed by atoms with Crippen molar-refractivity contribution >= 4 is 17.7 Å². The third-order valence-electron chi connectivity index (χ3n) is 1.51. The molecule has 1 N–H and O–H groups in total. The quantitative estimate of drug-likeness (QED) is 0.391. The van der Waals surface area contributed by atoms with E-state index in [0.717, 1.165) is 13.3 Å². The lowest BCUT2D eigenvalue weighted by Crippen LogP contribution is -2.24. The van der Waals surface area contributed by atoms with Gasteiger partial charge in [0.15, 0.2) is 0 Å². The number of hydrogen-bond donors (Lipinski definition) is 1. The van der Waals surface area contributed by atoms with Crippen molar-refractivity contribution in [3.63, 3.8) is 0 Å². The molecule has 0 aliphatic heterocycles. The van der Waals surface area contributed by atoms with Crippen LogP contribution in [-0.2, 0) is 19.1 Å². The number of aliphatic hydroxyl groups is 1. The Bertz CT molecular complexity index is 233. The minimum atomic E-state index is -1.20. The van der Waals surface area contributed by atoms with Crippen LogP contribution in [0.2, 0.25) is 0 Å². The summed E-state index contributed by atoms with van der Waals surface area (Å²) < 4.78 is 4.05. The van der Waals surface area contributed by atoms with Crippen molar-refractivity contribution in [2.75, 3.05) is 0 Å². The van der Waals surface area contributed by atoms with Crippen LogP contribution in [0.25, 0.3) is 0 Å². The highest BCUT2D eigenvalue weighted by Gasteiger charge is 2.20. The minimum absolute atomic E-state index is 0.292. The molecule has 5 nitrogen and oxygen atoms in total. The van der Waals surface area contributed by atoms with Gasteiger partial charge >= 0.3 is 11.9 Å². The minimum Gasteiger partial charge on any atom is -0.393 e. The maximum atomic E-state index is 11.0. The first-order chi connectivity index (χ1) is 6.47. The van der Waals surface area contributed by atoms with Crippen LogP contribution in [0.4, 0.5) is 0 Å². The first-order valence-electron chi connectivity index (χ1n) is 4.41. The third-order valence-corrected chi connectivity index (χ3v) is 1.51. The zero-order valence-corrected chi connectivity index (χ0v) is 8.28. The van der Waals surface area contributed by atoms with Crippen molar-refractivity contribution in [1.82, 2.24) is 0 Å². The Balaban J connectivity index is 3.95. The van der Waals surface area contributed by atoms with Crippen LogP contribution < -0.4 is 0 Å². The molecule has 0 aromatic rings. The second-order valence-electron chi connectivity index (χ2n) is 2.95. The molecule has 80 valence electrons. The van der Waals surface area contributed by atoms with E-state index in [4.69, 9.17) is 0 Å². The number of aliphatic hydroxyl groups excluding tert-OH is 1. The van der Waals surface area contributed by atoms with Crippen LogP contribution in [0, 0.1) is 0 Å². The maximum absolute atomic E-state index is 11.0. The number of Topliss-reactive ketones (excluding diaryl/α,β-unsaturated/α-hetero) is 1. The van der Waals surface area contributed by atoms with Gasteiger partial charge in [-0.2, -0.15) is 0 Å². The Morgan fingerprint density at radius 3 is 2.36 bits per heavy atom. The number of hydrogen-bond acceptors (Lipinski definition) is 5. The van der Waals surface area contributed by atoms with Gasteiger partial charge in [0.05, 0.1) is 6.10 Å². The Labute approximate surface area is 82.1 Å². The zero-order chi connectivity index (χ0) is 11.1. The molecule has 0 amide bonds. The van der Waals surface area contributed by atoms with E-state index in [9.17, 15) is 19.5 Å². The topological polar surface area (TPSA) is 80.7 Å². The summed E-state index contributed by atoms with van der Waals surface area (Å²) in [5, 5.41) is 9.19. The average Bonchev–Trinajstić information content (AvgIpc) is 2.02. The van der Waals surface area contributed by atoms with E-state index in [1.54, 1.807) is 0 Å². The lowest BCUT2D eigenvalue weighted by molar-refractivity contribution is -0.163. The van der Waals surface area contributed by atoms with Crippen LogP contribution in [0.3, 0.4) is 0 Å². The molecule has 0 aromatic heterocycles. The molecule has 0 aliphatic carbocycles. The molecule has 0 fully saturated rings. The summed E-state index contributed by atoms with van der Waals surface area (Å²) in [6.07, 6.45) is 0.0296. The van der Waals surface area contributed by atoms with E-state index >= 15 is 0 Å². The molecule has 0 spiro atoms. The van der Waals surface area contributed by atoms with Crippen molar-refractivity contribution in [2.45, 2.75) is 39.2 Å². The molecule has 0 saturated heterocycles. The standard InChI is InChI=1S/C9H14O5/c1-3-4-7(11)5-8(12)9(13)14-6(2)10/h7,11H,3-5H2,1-2H3. The average molecular weight is 202 g/mol. The van der Waals surface area contributed by atoms with Crippen LogP contribution in [-0.4, -0.2) is 28.9 Å². The van der Waals surface area contributed by atoms with Gasteiger partial charge in [0.1, 0.15) is 0 Å². The maximum Gasteiger partial charge on any atom is 0.382 e. The number of rotatable bonds is 5. The van der Waals surface area contributed by atoms with Crippen LogP contribution in [0.1, 0.15) is 33.1 Å². The summed E-state index contributed by atoms with van der Waals surface area (Å²) in [7, 11) is 0. The fraction of sp³-hybridized carbons (Fsp3) is 0.667. The van der Waals surface area contributed by atoms with Gasteiger partial charge in [-0.15, -0.1) is 0 Å². The van der Waals surface area contributed by atoms with Crippen molar-refractivity contribution < 1.29 is 24.2 Å². The molecule has 1 atom stereocenters. The predicted molar refractivity (Wildman–Crippen MR) is 47.3 cm³/mol. The second-order valence-corrected chi connectivity index (χ2v) is 2.95. The molecule has 0 rings (SSSR count). The number of carbonyl (C=O) groups is 3. The van der Waals surface area contributed by atoms with Crippen LogP contribution in [0.5, 0.6) is 0 Å². The van der Waals surface area contributed by atoms with Gasteiger partial charge in [-0.25, -0.2) is 4.79 Å². The zero-order valence-electron chi connectivity index (χ0n) is 8.28. The number of carbonyl (C=O) groups excluding carboxylic acids is 3. The molecular formula is C9H14O5. The van der Waals surface area contributed by atoms with Gasteiger partial charge in [-0.3, -0.25) is 9.59 Å². The number of esters is 2. The van der Waals surface area contributed by atoms with Gasteiger partial charge in [0.25, 0.3) is 0 Å². The fourth-order valence-corrected chi connectivity index (χ4v) is 0.920. The van der Waals surface area contributed by atoms with E-state index in [1.165, 1.54) is 0 Å². The van der Waals surface area contributed by atoms with Crippen molar-refractivity contribution in [3.8, 4) is 0 Å². The summed E-state index contributed by atoms with van der Waals surface area (Å²) in [5.41, 5.74) is 0. The lowest BCUT2D eigenvalue weighted by Gasteiger charge is -2.06. The van der Waals surface area contributed by atoms with E-state index < -0.39 is 23.8 Å². The van der Waals surface area contributed by atoms with E-state index in [-0.39, 0.29) is 6.42 Å². The largest absolute Gasteiger partial charge is 0.393 e. The third kappa shape index (κ3) is 5.42. The molecule has 0 radical (unpaired) electrons. The molecular weight excluding hydrogens is 188 g/mol. The molecule has 5 heteroatoms. The Morgan fingerprint density at radius 1 is 1.36 bits per heavy atom. The highest BCUT2D eigenvalue weighted by Crippen LogP contribution is 2.02. The normalized spacial score (nSPS) is 11.9. The highest BCUT2D eigenvalue weighted by atomic mass is 16.6. The van der Waals surface area contributed by atoms with Gasteiger partial charge in [-0.1, -0.05) is 13.3 Å². The van der Waals surface area contributed by atoms with Crippen LogP contribution >= 0.6 is 0 Å². The van der Waals surface area contributed by atoms with Gasteiger partial charge in [0, 0.05) is 13.3 Å². The molecule has 0 aromatic carbocycles. The van der Waals surface area contributed by atoms with Crippen LogP contribution in [0.15, 0.2) is 0 Å². The molecule has 0 heterocycles. The van der Waals surface area contributed by atoms with Gasteiger partial charge in [-0.05, 0) is 6.42 Å². The lowest BCUT2D eigenvalue weighted by atomic mass is 10.1. The predicted octanol–water partition coefficient (Wildman–Crippen LogP) is 0.196. The summed E-state index contributed by atoms with van der Waals surface area (Å²) in [6, 6.07) is 0. The Hall–Kier alpha value is -1.23. The first kappa shape index (κ1) is 12.8. The summed E-state index contributed by atoms with van der Waals surface area (Å²) >= 11 is 0. The fourth-order valence-electron chi connectivity index (χ4n) is 0.920. The van der Waals surface area contributed by atoms with E-state index in [1.807, 2.05) is 6.92 Å². The Morgan fingerprint density at radius 2 is 1.93 bits per heavy atom. The molecule has 0 bridgehead atoms. The monoisotopic (exact) mass is 202 g/mol. The summed E-state index contributed by atoms with van der Waals surface area (Å²) in [4.78, 5) is 32.1. The van der Waals surface area contributed by atoms with Crippen molar-refractivity contribution in [3.05, 3.63) is 0 Å². The Kier molecular flexibility index (Phi) is 5.71. The highest BCUT2D eigenvalue weighted by molar-refractivity contribution is 6.35. The SMILES string of the molecule is CCCC(O)CC(=O)C(=O)OC(C)=O. The summed E-state index contributed by atoms with van der Waals surface area (Å²) in [5.74, 6) is -2.90. The molecule has 0 aliphatic rings. The number of ether oxygens (including phenoxy) is 1. The van der Waals surface area contributed by atoms with E-state index in [0.29, 0.717) is 6.42 Å².